The first-order chi connectivity index (χ1) is 6.79. The van der Waals surface area contributed by atoms with Crippen molar-refractivity contribution >= 4 is 0 Å². The third-order valence-corrected chi connectivity index (χ3v) is 2.96. The van der Waals surface area contributed by atoms with Gasteiger partial charge in [0, 0.05) is 5.92 Å². The zero-order valence-electron chi connectivity index (χ0n) is 8.77. The lowest BCUT2D eigenvalue weighted by atomic mass is 9.82. The molecule has 0 bridgehead atoms. The Morgan fingerprint density at radius 1 is 1.00 bits per heavy atom. The van der Waals surface area contributed by atoms with Crippen LogP contribution in [0, 0.1) is 12.8 Å². The van der Waals surface area contributed by atoms with Crippen LogP contribution in [-0.2, 0) is 0 Å². The van der Waals surface area contributed by atoms with E-state index in [0.717, 1.165) is 0 Å². The highest BCUT2D eigenvalue weighted by Gasteiger charge is 2.17. The van der Waals surface area contributed by atoms with Crippen LogP contribution in [0.2, 0.25) is 0 Å². The molecular formula is C14H16. The minimum Gasteiger partial charge on any atom is -0.0808 e. The molecule has 1 aromatic rings. The van der Waals surface area contributed by atoms with Crippen LogP contribution in [0.4, 0.5) is 0 Å². The van der Waals surface area contributed by atoms with E-state index in [2.05, 4.69) is 62.4 Å². The van der Waals surface area contributed by atoms with Crippen molar-refractivity contribution in [2.45, 2.75) is 19.8 Å². The Morgan fingerprint density at radius 3 is 2.43 bits per heavy atom. The van der Waals surface area contributed by atoms with Gasteiger partial charge in [0.25, 0.3) is 0 Å². The summed E-state index contributed by atoms with van der Waals surface area (Å²) in [6, 6.07) is 8.65. The van der Waals surface area contributed by atoms with Crippen LogP contribution < -0.4 is 0 Å². The Morgan fingerprint density at radius 2 is 1.71 bits per heavy atom. The van der Waals surface area contributed by atoms with Crippen LogP contribution in [0.3, 0.4) is 0 Å². The molecule has 0 fully saturated rings. The highest BCUT2D eigenvalue weighted by atomic mass is 14.2. The standard InChI is InChI=1S/C14H16/c1-11-7-3-5-9-13(11)14-10-6-4-8-12(14)2/h3-11,13H,1-2H3. The van der Waals surface area contributed by atoms with Gasteiger partial charge in [0.1, 0.15) is 0 Å². The Bertz CT molecular complexity index is 371. The molecule has 0 nitrogen and oxygen atoms in total. The van der Waals surface area contributed by atoms with Crippen molar-refractivity contribution in [1.82, 2.24) is 0 Å². The van der Waals surface area contributed by atoms with Gasteiger partial charge in [-0.05, 0) is 24.0 Å². The molecule has 0 heterocycles. The van der Waals surface area contributed by atoms with Crippen molar-refractivity contribution in [2.75, 3.05) is 0 Å². The van der Waals surface area contributed by atoms with Crippen molar-refractivity contribution < 1.29 is 0 Å². The third-order valence-electron chi connectivity index (χ3n) is 2.96. The summed E-state index contributed by atoms with van der Waals surface area (Å²) in [4.78, 5) is 0. The van der Waals surface area contributed by atoms with Crippen molar-refractivity contribution in [2.24, 2.45) is 5.92 Å². The molecule has 0 aromatic heterocycles. The summed E-state index contributed by atoms with van der Waals surface area (Å²) in [6.45, 7) is 4.46. The molecule has 1 aliphatic carbocycles. The van der Waals surface area contributed by atoms with Crippen molar-refractivity contribution in [1.29, 1.82) is 0 Å². The van der Waals surface area contributed by atoms with Crippen LogP contribution in [0.25, 0.3) is 0 Å². The van der Waals surface area contributed by atoms with Crippen molar-refractivity contribution in [3.8, 4) is 0 Å². The van der Waals surface area contributed by atoms with E-state index in [-0.39, 0.29) is 0 Å². The van der Waals surface area contributed by atoms with Gasteiger partial charge in [0.05, 0.1) is 0 Å². The number of rotatable bonds is 1. The van der Waals surface area contributed by atoms with Crippen LogP contribution in [0.15, 0.2) is 48.6 Å². The molecule has 2 unspecified atom stereocenters. The predicted octanol–water partition coefficient (Wildman–Crippen LogP) is 3.84. The topological polar surface area (TPSA) is 0 Å². The molecule has 1 aromatic carbocycles. The average Bonchev–Trinajstić information content (AvgIpc) is 2.20. The van der Waals surface area contributed by atoms with Gasteiger partial charge in [0.2, 0.25) is 0 Å². The Balaban J connectivity index is 2.36. The fraction of sp³-hybridized carbons (Fsp3) is 0.286. The number of aryl methyl sites for hydroxylation is 1. The maximum atomic E-state index is 2.30. The summed E-state index contributed by atoms with van der Waals surface area (Å²) in [5.41, 5.74) is 2.85. The largest absolute Gasteiger partial charge is 0.0808 e. The molecule has 0 amide bonds. The summed E-state index contributed by atoms with van der Waals surface area (Å²) in [7, 11) is 0. The normalized spacial score (nSPS) is 25.3. The smallest absolute Gasteiger partial charge is 0.00839 e. The van der Waals surface area contributed by atoms with Crippen molar-refractivity contribution in [3.63, 3.8) is 0 Å². The minimum absolute atomic E-state index is 0.557. The first-order valence-electron chi connectivity index (χ1n) is 5.19. The van der Waals surface area contributed by atoms with Gasteiger partial charge in [-0.25, -0.2) is 0 Å². The summed E-state index contributed by atoms with van der Waals surface area (Å²) in [5, 5.41) is 0. The molecule has 2 rings (SSSR count). The third kappa shape index (κ3) is 1.65. The predicted molar refractivity (Wildman–Crippen MR) is 61.4 cm³/mol. The quantitative estimate of drug-likeness (QED) is 0.622. The molecule has 0 radical (unpaired) electrons. The molecule has 1 aliphatic rings. The van der Waals surface area contributed by atoms with E-state index in [0.29, 0.717) is 11.8 Å². The summed E-state index contributed by atoms with van der Waals surface area (Å²) < 4.78 is 0. The van der Waals surface area contributed by atoms with Gasteiger partial charge in [-0.2, -0.15) is 0 Å². The van der Waals surface area contributed by atoms with E-state index in [1.807, 2.05) is 0 Å². The number of hydrogen-bond donors (Lipinski definition) is 0. The fourth-order valence-corrected chi connectivity index (χ4v) is 2.07. The molecule has 72 valence electrons. The number of hydrogen-bond acceptors (Lipinski definition) is 0. The lowest BCUT2D eigenvalue weighted by Gasteiger charge is -2.22. The Labute approximate surface area is 86.0 Å². The maximum absolute atomic E-state index is 2.30. The van der Waals surface area contributed by atoms with Crippen LogP contribution in [0.5, 0.6) is 0 Å². The first kappa shape index (κ1) is 9.26. The van der Waals surface area contributed by atoms with E-state index in [1.165, 1.54) is 11.1 Å². The average molecular weight is 184 g/mol. The van der Waals surface area contributed by atoms with E-state index >= 15 is 0 Å². The molecule has 0 saturated carbocycles. The first-order valence-corrected chi connectivity index (χ1v) is 5.19. The number of benzene rings is 1. The van der Waals surface area contributed by atoms with E-state index in [9.17, 15) is 0 Å². The van der Waals surface area contributed by atoms with Crippen LogP contribution >= 0.6 is 0 Å². The second-order valence-electron chi connectivity index (χ2n) is 4.01. The highest BCUT2D eigenvalue weighted by Crippen LogP contribution is 2.31. The zero-order valence-corrected chi connectivity index (χ0v) is 8.77. The molecule has 2 atom stereocenters. The molecule has 0 N–H and O–H groups in total. The summed E-state index contributed by atoms with van der Waals surface area (Å²) in [6.07, 6.45) is 8.86. The lowest BCUT2D eigenvalue weighted by molar-refractivity contribution is 0.632. The van der Waals surface area contributed by atoms with Gasteiger partial charge in [-0.1, -0.05) is 55.5 Å². The van der Waals surface area contributed by atoms with Gasteiger partial charge >= 0.3 is 0 Å². The Hall–Kier alpha value is -1.30. The second kappa shape index (κ2) is 3.83. The lowest BCUT2D eigenvalue weighted by Crippen LogP contribution is -2.08. The zero-order chi connectivity index (χ0) is 9.97. The van der Waals surface area contributed by atoms with Crippen LogP contribution in [-0.4, -0.2) is 0 Å². The summed E-state index contributed by atoms with van der Waals surface area (Å²) >= 11 is 0. The second-order valence-corrected chi connectivity index (χ2v) is 4.01. The SMILES string of the molecule is Cc1ccccc1C1C=CC=CC1C. The van der Waals surface area contributed by atoms with E-state index < -0.39 is 0 Å². The van der Waals surface area contributed by atoms with E-state index in [1.54, 1.807) is 0 Å². The van der Waals surface area contributed by atoms with Crippen LogP contribution in [0.1, 0.15) is 24.0 Å². The van der Waals surface area contributed by atoms with Gasteiger partial charge in [0.15, 0.2) is 0 Å². The molecule has 0 spiro atoms. The van der Waals surface area contributed by atoms with Gasteiger partial charge < -0.3 is 0 Å². The molecule has 0 heteroatoms. The van der Waals surface area contributed by atoms with Gasteiger partial charge in [-0.3, -0.25) is 0 Å². The summed E-state index contributed by atoms with van der Waals surface area (Å²) in [5.74, 6) is 1.17. The highest BCUT2D eigenvalue weighted by molar-refractivity contribution is 5.35. The molecule has 0 saturated heterocycles. The molecule has 14 heavy (non-hydrogen) atoms. The Kier molecular flexibility index (Phi) is 2.53. The van der Waals surface area contributed by atoms with E-state index in [4.69, 9.17) is 0 Å². The fourth-order valence-electron chi connectivity index (χ4n) is 2.07. The number of allylic oxidation sites excluding steroid dienone is 4. The molecule has 0 aliphatic heterocycles. The maximum Gasteiger partial charge on any atom is 0.00839 e. The molecular weight excluding hydrogens is 168 g/mol. The monoisotopic (exact) mass is 184 g/mol. The van der Waals surface area contributed by atoms with Gasteiger partial charge in [-0.15, -0.1) is 0 Å². The van der Waals surface area contributed by atoms with Crippen molar-refractivity contribution in [3.05, 3.63) is 59.7 Å². The minimum atomic E-state index is 0.557.